The number of benzene rings is 1. The Balaban J connectivity index is 2.10. The quantitative estimate of drug-likeness (QED) is 0.854. The van der Waals surface area contributed by atoms with Crippen LogP contribution < -0.4 is 0 Å². The van der Waals surface area contributed by atoms with E-state index in [9.17, 15) is 17.6 Å². The van der Waals surface area contributed by atoms with Crippen molar-refractivity contribution in [2.24, 2.45) is 5.92 Å². The summed E-state index contributed by atoms with van der Waals surface area (Å²) in [5.41, 5.74) is 0.875. The zero-order chi connectivity index (χ0) is 16.3. The highest BCUT2D eigenvalue weighted by Crippen LogP contribution is 2.27. The maximum absolute atomic E-state index is 13.0. The molecule has 1 aliphatic rings. The van der Waals surface area contributed by atoms with E-state index in [4.69, 9.17) is 0 Å². The molecule has 1 saturated heterocycles. The molecule has 1 unspecified atom stereocenters. The van der Waals surface area contributed by atoms with Crippen LogP contribution >= 0.6 is 0 Å². The highest BCUT2D eigenvalue weighted by molar-refractivity contribution is 7.91. The number of amides is 1. The van der Waals surface area contributed by atoms with Crippen molar-refractivity contribution in [3.8, 4) is 0 Å². The van der Waals surface area contributed by atoms with Gasteiger partial charge in [0.1, 0.15) is 15.7 Å². The fourth-order valence-electron chi connectivity index (χ4n) is 2.91. The third-order valence-corrected chi connectivity index (χ3v) is 6.06. The van der Waals surface area contributed by atoms with E-state index in [0.717, 1.165) is 5.56 Å². The number of hydrogen-bond acceptors (Lipinski definition) is 3. The van der Waals surface area contributed by atoms with Gasteiger partial charge >= 0.3 is 0 Å². The van der Waals surface area contributed by atoms with Crippen LogP contribution in [0.15, 0.2) is 24.3 Å². The minimum absolute atomic E-state index is 0.00535. The van der Waals surface area contributed by atoms with E-state index in [2.05, 4.69) is 0 Å². The molecular weight excluding hydrogens is 305 g/mol. The van der Waals surface area contributed by atoms with Crippen LogP contribution in [-0.4, -0.2) is 37.3 Å². The fraction of sp³-hybridized carbons (Fsp3) is 0.562. The molecule has 1 fully saturated rings. The summed E-state index contributed by atoms with van der Waals surface area (Å²) >= 11 is 0. The molecule has 0 aromatic heterocycles. The van der Waals surface area contributed by atoms with Gasteiger partial charge < -0.3 is 4.90 Å². The molecule has 1 heterocycles. The van der Waals surface area contributed by atoms with Crippen LogP contribution in [0.4, 0.5) is 4.39 Å². The van der Waals surface area contributed by atoms with E-state index < -0.39 is 9.84 Å². The van der Waals surface area contributed by atoms with Gasteiger partial charge in [-0.25, -0.2) is 12.8 Å². The van der Waals surface area contributed by atoms with Crippen LogP contribution in [0.3, 0.4) is 0 Å². The summed E-state index contributed by atoms with van der Waals surface area (Å²) in [5, 5.41) is 0. The molecule has 2 rings (SSSR count). The molecular formula is C16H22FNO3S. The first-order valence-corrected chi connectivity index (χ1v) is 9.42. The molecule has 0 radical (unpaired) electrons. The monoisotopic (exact) mass is 327 g/mol. The van der Waals surface area contributed by atoms with E-state index in [1.54, 1.807) is 17.0 Å². The van der Waals surface area contributed by atoms with E-state index in [-0.39, 0.29) is 35.2 Å². The summed E-state index contributed by atoms with van der Waals surface area (Å²) < 4.78 is 36.0. The predicted octanol–water partition coefficient (Wildman–Crippen LogP) is 2.56. The number of hydrogen-bond donors (Lipinski definition) is 0. The average molecular weight is 327 g/mol. The van der Waals surface area contributed by atoms with E-state index >= 15 is 0 Å². The lowest BCUT2D eigenvalue weighted by molar-refractivity contribution is -0.137. The number of nitrogens with zero attached hydrogens (tertiary/aromatic N) is 1. The van der Waals surface area contributed by atoms with E-state index in [1.165, 1.54) is 12.1 Å². The number of halogens is 1. The molecule has 0 bridgehead atoms. The Kier molecular flexibility index (Phi) is 5.21. The second-order valence-corrected chi connectivity index (χ2v) is 8.08. The van der Waals surface area contributed by atoms with E-state index in [1.807, 2.05) is 13.8 Å². The van der Waals surface area contributed by atoms with Crippen molar-refractivity contribution in [3.63, 3.8) is 0 Å². The second-order valence-electron chi connectivity index (χ2n) is 5.78. The van der Waals surface area contributed by atoms with Crippen LogP contribution in [0.2, 0.25) is 0 Å². The van der Waals surface area contributed by atoms with Gasteiger partial charge in [-0.1, -0.05) is 12.1 Å². The topological polar surface area (TPSA) is 54.5 Å². The van der Waals surface area contributed by atoms with Crippen molar-refractivity contribution >= 4 is 15.7 Å². The largest absolute Gasteiger partial charge is 0.336 e. The first kappa shape index (κ1) is 16.9. The lowest BCUT2D eigenvalue weighted by Crippen LogP contribution is -2.41. The highest BCUT2D eigenvalue weighted by atomic mass is 32.2. The third-order valence-electron chi connectivity index (χ3n) is 4.35. The van der Waals surface area contributed by atoms with Gasteiger partial charge in [-0.3, -0.25) is 4.79 Å². The van der Waals surface area contributed by atoms with Crippen LogP contribution in [-0.2, 0) is 14.6 Å². The van der Waals surface area contributed by atoms with Gasteiger partial charge in [0.15, 0.2) is 0 Å². The van der Waals surface area contributed by atoms with Crippen molar-refractivity contribution in [3.05, 3.63) is 35.6 Å². The van der Waals surface area contributed by atoms with E-state index in [0.29, 0.717) is 19.4 Å². The Morgan fingerprint density at radius 3 is 2.32 bits per heavy atom. The second kappa shape index (κ2) is 6.77. The minimum Gasteiger partial charge on any atom is -0.336 e. The zero-order valence-electron chi connectivity index (χ0n) is 13.0. The molecule has 6 heteroatoms. The summed E-state index contributed by atoms with van der Waals surface area (Å²) in [6.07, 6.45) is 0.793. The molecule has 0 aliphatic carbocycles. The van der Waals surface area contributed by atoms with Crippen LogP contribution in [0, 0.1) is 11.7 Å². The fourth-order valence-corrected chi connectivity index (χ4v) is 4.40. The molecule has 22 heavy (non-hydrogen) atoms. The van der Waals surface area contributed by atoms with Gasteiger partial charge in [0.25, 0.3) is 0 Å². The van der Waals surface area contributed by atoms with Gasteiger partial charge in [-0.05, 0) is 44.4 Å². The lowest BCUT2D eigenvalue weighted by Gasteiger charge is -2.33. The standard InChI is InChI=1S/C16H22FNO3S/c1-3-18(12(2)13-4-6-15(17)7-5-13)16(19)14-8-10-22(20,21)11-9-14/h4-7,12,14H,3,8-11H2,1-2H3. The SMILES string of the molecule is CCN(C(=O)C1CCS(=O)(=O)CC1)C(C)c1ccc(F)cc1. The van der Waals surface area contributed by atoms with Crippen molar-refractivity contribution in [2.75, 3.05) is 18.1 Å². The Morgan fingerprint density at radius 1 is 1.27 bits per heavy atom. The Bertz CT molecular complexity index is 613. The maximum Gasteiger partial charge on any atom is 0.226 e. The molecule has 1 aromatic carbocycles. The predicted molar refractivity (Wildman–Crippen MR) is 83.6 cm³/mol. The Hall–Kier alpha value is -1.43. The molecule has 1 aromatic rings. The Labute approximate surface area is 131 Å². The van der Waals surface area contributed by atoms with Crippen molar-refractivity contribution in [1.82, 2.24) is 4.90 Å². The lowest BCUT2D eigenvalue weighted by atomic mass is 9.98. The normalized spacial score (nSPS) is 19.6. The van der Waals surface area contributed by atoms with Crippen molar-refractivity contribution < 1.29 is 17.6 Å². The zero-order valence-corrected chi connectivity index (χ0v) is 13.8. The smallest absolute Gasteiger partial charge is 0.226 e. The van der Waals surface area contributed by atoms with Crippen LogP contribution in [0.5, 0.6) is 0 Å². The summed E-state index contributed by atoms with van der Waals surface area (Å²) in [4.78, 5) is 14.4. The Morgan fingerprint density at radius 2 is 1.82 bits per heavy atom. The molecule has 0 N–H and O–H groups in total. The average Bonchev–Trinajstić information content (AvgIpc) is 2.48. The number of sulfone groups is 1. The summed E-state index contributed by atoms with van der Waals surface area (Å²) in [6.45, 7) is 4.35. The summed E-state index contributed by atoms with van der Waals surface area (Å²) in [5.74, 6) is -0.360. The first-order valence-electron chi connectivity index (χ1n) is 7.60. The number of carbonyl (C=O) groups excluding carboxylic acids is 1. The minimum atomic E-state index is -2.97. The molecule has 122 valence electrons. The molecule has 4 nitrogen and oxygen atoms in total. The van der Waals surface area contributed by atoms with Gasteiger partial charge in [-0.15, -0.1) is 0 Å². The molecule has 1 aliphatic heterocycles. The van der Waals surface area contributed by atoms with Crippen LogP contribution in [0.1, 0.15) is 38.3 Å². The highest BCUT2D eigenvalue weighted by Gasteiger charge is 2.32. The number of carbonyl (C=O) groups is 1. The molecule has 1 amide bonds. The number of rotatable bonds is 4. The first-order chi connectivity index (χ1) is 10.3. The van der Waals surface area contributed by atoms with Gasteiger partial charge in [0.2, 0.25) is 5.91 Å². The van der Waals surface area contributed by atoms with Crippen molar-refractivity contribution in [2.45, 2.75) is 32.7 Å². The molecule has 0 spiro atoms. The summed E-state index contributed by atoms with van der Waals surface area (Å²) in [6, 6.07) is 5.98. The van der Waals surface area contributed by atoms with Crippen molar-refractivity contribution in [1.29, 1.82) is 0 Å². The maximum atomic E-state index is 13.0. The van der Waals surface area contributed by atoms with Crippen LogP contribution in [0.25, 0.3) is 0 Å². The van der Waals surface area contributed by atoms with Gasteiger partial charge in [-0.2, -0.15) is 0 Å². The molecule has 1 atom stereocenters. The summed E-state index contributed by atoms with van der Waals surface area (Å²) in [7, 11) is -2.97. The third kappa shape index (κ3) is 3.85. The molecule has 0 saturated carbocycles. The van der Waals surface area contributed by atoms with Gasteiger partial charge in [0, 0.05) is 12.5 Å². The van der Waals surface area contributed by atoms with Gasteiger partial charge in [0.05, 0.1) is 17.5 Å².